The molecule has 0 unspecified atom stereocenters. The summed E-state index contributed by atoms with van der Waals surface area (Å²) >= 11 is 0. The Morgan fingerprint density at radius 2 is 2.04 bits per heavy atom. The van der Waals surface area contributed by atoms with Gasteiger partial charge in [-0.3, -0.25) is 9.69 Å². The zero-order chi connectivity index (χ0) is 16.2. The van der Waals surface area contributed by atoms with E-state index in [0.717, 1.165) is 37.8 Å². The molecular formula is C15H18N4O4. The van der Waals surface area contributed by atoms with Crippen LogP contribution in [-0.4, -0.2) is 54.4 Å². The SMILES string of the molecule is COC(=O)c1ccc(CN2CCN(c3ccc(=O)[nH]n3)CC2)o1. The highest BCUT2D eigenvalue weighted by Gasteiger charge is 2.20. The second kappa shape index (κ2) is 6.66. The number of anilines is 1. The number of carbonyl (C=O) groups is 1. The van der Waals surface area contributed by atoms with Gasteiger partial charge in [-0.2, -0.15) is 5.10 Å². The van der Waals surface area contributed by atoms with Crippen molar-refractivity contribution >= 4 is 11.8 Å². The average Bonchev–Trinajstić information content (AvgIpc) is 3.04. The number of aromatic nitrogens is 2. The Bertz CT molecular complexity index is 711. The number of hydrogen-bond acceptors (Lipinski definition) is 7. The van der Waals surface area contributed by atoms with Gasteiger partial charge in [0, 0.05) is 32.2 Å². The second-order valence-corrected chi connectivity index (χ2v) is 5.30. The van der Waals surface area contributed by atoms with E-state index in [2.05, 4.69) is 24.7 Å². The normalized spacial score (nSPS) is 15.6. The number of rotatable bonds is 4. The number of ether oxygens (including phenoxy) is 1. The third-order valence-corrected chi connectivity index (χ3v) is 3.79. The molecule has 0 radical (unpaired) electrons. The van der Waals surface area contributed by atoms with Crippen LogP contribution >= 0.6 is 0 Å². The van der Waals surface area contributed by atoms with Gasteiger partial charge in [-0.25, -0.2) is 9.89 Å². The molecule has 1 aliphatic heterocycles. The van der Waals surface area contributed by atoms with E-state index in [-0.39, 0.29) is 11.3 Å². The summed E-state index contributed by atoms with van der Waals surface area (Å²) < 4.78 is 10.1. The van der Waals surface area contributed by atoms with Gasteiger partial charge >= 0.3 is 5.97 Å². The molecule has 122 valence electrons. The molecule has 0 saturated carbocycles. The number of aromatic amines is 1. The standard InChI is InChI=1S/C15H18N4O4/c1-22-15(21)12-3-2-11(23-12)10-18-6-8-19(9-7-18)13-4-5-14(20)17-16-13/h2-5H,6-10H2,1H3,(H,17,20). The summed E-state index contributed by atoms with van der Waals surface area (Å²) in [5, 5.41) is 6.49. The molecule has 2 aromatic rings. The summed E-state index contributed by atoms with van der Waals surface area (Å²) in [6.07, 6.45) is 0. The van der Waals surface area contributed by atoms with Crippen LogP contribution in [0, 0.1) is 0 Å². The fraction of sp³-hybridized carbons (Fsp3) is 0.400. The lowest BCUT2D eigenvalue weighted by Crippen LogP contribution is -2.46. The van der Waals surface area contributed by atoms with Crippen LogP contribution in [0.5, 0.6) is 0 Å². The van der Waals surface area contributed by atoms with Crippen LogP contribution in [0.25, 0.3) is 0 Å². The molecule has 0 bridgehead atoms. The summed E-state index contributed by atoms with van der Waals surface area (Å²) in [5.41, 5.74) is -0.202. The predicted octanol–water partition coefficient (Wildman–Crippen LogP) is 0.472. The second-order valence-electron chi connectivity index (χ2n) is 5.30. The van der Waals surface area contributed by atoms with Gasteiger partial charge in [0.25, 0.3) is 5.56 Å². The van der Waals surface area contributed by atoms with Crippen molar-refractivity contribution in [2.24, 2.45) is 0 Å². The van der Waals surface area contributed by atoms with E-state index in [1.807, 2.05) is 0 Å². The smallest absolute Gasteiger partial charge is 0.373 e. The summed E-state index contributed by atoms with van der Waals surface area (Å²) in [5.74, 6) is 1.26. The van der Waals surface area contributed by atoms with Gasteiger partial charge in [-0.15, -0.1) is 0 Å². The van der Waals surface area contributed by atoms with Crippen LogP contribution in [0.3, 0.4) is 0 Å². The number of hydrogen-bond donors (Lipinski definition) is 1. The molecule has 1 fully saturated rings. The van der Waals surface area contributed by atoms with Gasteiger partial charge in [-0.1, -0.05) is 0 Å². The number of nitrogens with one attached hydrogen (secondary N) is 1. The first-order valence-electron chi connectivity index (χ1n) is 7.36. The van der Waals surface area contributed by atoms with Crippen LogP contribution in [0.1, 0.15) is 16.3 Å². The van der Waals surface area contributed by atoms with E-state index in [1.165, 1.54) is 13.2 Å². The minimum Gasteiger partial charge on any atom is -0.463 e. The average molecular weight is 318 g/mol. The summed E-state index contributed by atoms with van der Waals surface area (Å²) in [6, 6.07) is 6.62. The van der Waals surface area contributed by atoms with Crippen molar-refractivity contribution in [2.45, 2.75) is 6.54 Å². The van der Waals surface area contributed by atoms with Crippen molar-refractivity contribution in [3.05, 3.63) is 46.1 Å². The summed E-state index contributed by atoms with van der Waals surface area (Å²) in [7, 11) is 1.33. The van der Waals surface area contributed by atoms with E-state index in [9.17, 15) is 9.59 Å². The fourth-order valence-corrected chi connectivity index (χ4v) is 2.54. The molecule has 3 rings (SSSR count). The van der Waals surface area contributed by atoms with E-state index in [4.69, 9.17) is 4.42 Å². The predicted molar refractivity (Wildman–Crippen MR) is 82.4 cm³/mol. The molecule has 1 aliphatic rings. The highest BCUT2D eigenvalue weighted by molar-refractivity contribution is 5.86. The van der Waals surface area contributed by atoms with Crippen LogP contribution in [0.4, 0.5) is 5.82 Å². The van der Waals surface area contributed by atoms with Gasteiger partial charge in [0.1, 0.15) is 11.6 Å². The van der Waals surface area contributed by atoms with Crippen molar-refractivity contribution in [3.8, 4) is 0 Å². The van der Waals surface area contributed by atoms with Crippen LogP contribution in [0.2, 0.25) is 0 Å². The van der Waals surface area contributed by atoms with E-state index in [1.54, 1.807) is 18.2 Å². The molecule has 0 amide bonds. The Balaban J connectivity index is 1.55. The van der Waals surface area contributed by atoms with Crippen molar-refractivity contribution in [1.29, 1.82) is 0 Å². The van der Waals surface area contributed by atoms with Gasteiger partial charge in [-0.05, 0) is 18.2 Å². The minimum absolute atomic E-state index is 0.202. The molecular weight excluding hydrogens is 300 g/mol. The molecule has 8 heteroatoms. The van der Waals surface area contributed by atoms with Crippen molar-refractivity contribution < 1.29 is 13.9 Å². The van der Waals surface area contributed by atoms with E-state index >= 15 is 0 Å². The number of nitrogens with zero attached hydrogens (tertiary/aromatic N) is 3. The maximum absolute atomic E-state index is 11.4. The van der Waals surface area contributed by atoms with Crippen molar-refractivity contribution in [3.63, 3.8) is 0 Å². The Hall–Kier alpha value is -2.61. The Morgan fingerprint density at radius 3 is 2.70 bits per heavy atom. The maximum atomic E-state index is 11.4. The number of methoxy groups -OCH3 is 1. The fourth-order valence-electron chi connectivity index (χ4n) is 2.54. The van der Waals surface area contributed by atoms with Crippen molar-refractivity contribution in [1.82, 2.24) is 15.1 Å². The van der Waals surface area contributed by atoms with Gasteiger partial charge in [0.2, 0.25) is 5.76 Å². The first-order chi connectivity index (χ1) is 11.2. The first kappa shape index (κ1) is 15.3. The minimum atomic E-state index is -0.467. The molecule has 1 saturated heterocycles. The maximum Gasteiger partial charge on any atom is 0.373 e. The lowest BCUT2D eigenvalue weighted by atomic mass is 10.3. The molecule has 0 spiro atoms. The lowest BCUT2D eigenvalue weighted by Gasteiger charge is -2.34. The zero-order valence-corrected chi connectivity index (χ0v) is 12.8. The number of H-pyrrole nitrogens is 1. The molecule has 1 N–H and O–H groups in total. The number of esters is 1. The van der Waals surface area contributed by atoms with Crippen molar-refractivity contribution in [2.75, 3.05) is 38.2 Å². The van der Waals surface area contributed by atoms with Crippen LogP contribution in [-0.2, 0) is 11.3 Å². The first-order valence-corrected chi connectivity index (χ1v) is 7.36. The van der Waals surface area contributed by atoms with Gasteiger partial charge in [0.15, 0.2) is 0 Å². The molecule has 0 aliphatic carbocycles. The van der Waals surface area contributed by atoms with Crippen LogP contribution < -0.4 is 10.5 Å². The molecule has 3 heterocycles. The molecule has 2 aromatic heterocycles. The summed E-state index contributed by atoms with van der Waals surface area (Å²) in [4.78, 5) is 26.8. The Kier molecular flexibility index (Phi) is 4.42. The topological polar surface area (TPSA) is 91.7 Å². The van der Waals surface area contributed by atoms with Gasteiger partial charge < -0.3 is 14.1 Å². The lowest BCUT2D eigenvalue weighted by molar-refractivity contribution is 0.0561. The largest absolute Gasteiger partial charge is 0.463 e. The van der Waals surface area contributed by atoms with E-state index in [0.29, 0.717) is 6.54 Å². The Morgan fingerprint density at radius 1 is 1.26 bits per heavy atom. The van der Waals surface area contributed by atoms with E-state index < -0.39 is 5.97 Å². The number of piperazine rings is 1. The number of furan rings is 1. The quantitative estimate of drug-likeness (QED) is 0.819. The van der Waals surface area contributed by atoms with Gasteiger partial charge in [0.05, 0.1) is 13.7 Å². The highest BCUT2D eigenvalue weighted by Crippen LogP contribution is 2.15. The summed E-state index contributed by atoms with van der Waals surface area (Å²) in [6.45, 7) is 3.95. The third-order valence-electron chi connectivity index (χ3n) is 3.79. The zero-order valence-electron chi connectivity index (χ0n) is 12.8. The number of carbonyl (C=O) groups excluding carboxylic acids is 1. The monoisotopic (exact) mass is 318 g/mol. The molecule has 23 heavy (non-hydrogen) atoms. The third kappa shape index (κ3) is 3.59. The van der Waals surface area contributed by atoms with Crippen LogP contribution in [0.15, 0.2) is 33.5 Å². The Labute approximate surface area is 132 Å². The highest BCUT2D eigenvalue weighted by atomic mass is 16.5. The molecule has 0 atom stereocenters. The molecule has 0 aromatic carbocycles. The molecule has 8 nitrogen and oxygen atoms in total.